The fraction of sp³-hybridized carbons (Fsp3) is 0.143. The van der Waals surface area contributed by atoms with Crippen molar-refractivity contribution in [1.29, 1.82) is 0 Å². The maximum Gasteiger partial charge on any atom is 0.141 e. The van der Waals surface area contributed by atoms with Crippen molar-refractivity contribution in [2.24, 2.45) is 0 Å². The van der Waals surface area contributed by atoms with E-state index in [0.717, 1.165) is 27.3 Å². The Labute approximate surface area is 141 Å². The minimum absolute atomic E-state index is 0.877. The predicted molar refractivity (Wildman–Crippen MR) is 95.7 cm³/mol. The second-order valence-corrected chi connectivity index (χ2v) is 7.04. The molecule has 1 N–H and O–H groups in total. The van der Waals surface area contributed by atoms with Crippen LogP contribution in [0.5, 0.6) is 0 Å². The lowest BCUT2D eigenvalue weighted by atomic mass is 9.78. The highest BCUT2D eigenvalue weighted by atomic mass is 32.2. The van der Waals surface area contributed by atoms with Crippen LogP contribution in [0.2, 0.25) is 0 Å². The van der Waals surface area contributed by atoms with E-state index in [4.69, 9.17) is 0 Å². The Kier molecular flexibility index (Phi) is 3.51. The zero-order valence-corrected chi connectivity index (χ0v) is 13.8. The molecule has 0 saturated heterocycles. The molecule has 0 amide bonds. The van der Waals surface area contributed by atoms with E-state index < -0.39 is 5.60 Å². The van der Waals surface area contributed by atoms with Gasteiger partial charge >= 0.3 is 0 Å². The summed E-state index contributed by atoms with van der Waals surface area (Å²) in [6.45, 7) is 2.10. The smallest absolute Gasteiger partial charge is 0.141 e. The van der Waals surface area contributed by atoms with Crippen molar-refractivity contribution in [2.45, 2.75) is 23.2 Å². The summed E-state index contributed by atoms with van der Waals surface area (Å²) in [5, 5.41) is 11.9. The van der Waals surface area contributed by atoms with Gasteiger partial charge in [0.1, 0.15) is 5.60 Å². The lowest BCUT2D eigenvalue weighted by molar-refractivity contribution is 0.122. The zero-order valence-electron chi connectivity index (χ0n) is 13.0. The van der Waals surface area contributed by atoms with Crippen LogP contribution in [0.4, 0.5) is 0 Å². The number of rotatable bonds is 1. The van der Waals surface area contributed by atoms with E-state index in [1.54, 1.807) is 11.8 Å². The molecular weight excluding hydrogens is 300 g/mol. The lowest BCUT2D eigenvalue weighted by Gasteiger charge is -2.31. The van der Waals surface area contributed by atoms with Crippen molar-refractivity contribution in [1.82, 2.24) is 0 Å². The first-order valence-corrected chi connectivity index (χ1v) is 8.78. The zero-order chi connectivity index (χ0) is 15.9. The van der Waals surface area contributed by atoms with E-state index in [-0.39, 0.29) is 0 Å². The second kappa shape index (κ2) is 5.55. The van der Waals surface area contributed by atoms with Crippen molar-refractivity contribution in [2.75, 3.05) is 0 Å². The van der Waals surface area contributed by atoms with Crippen LogP contribution in [-0.2, 0) is 11.4 Å². The number of thioether (sulfide) groups is 1. The van der Waals surface area contributed by atoms with Crippen LogP contribution in [-0.4, -0.2) is 5.11 Å². The summed E-state index contributed by atoms with van der Waals surface area (Å²) in [6, 6.07) is 24.6. The molecule has 0 aromatic heterocycles. The number of hydrogen-bond donors (Lipinski definition) is 1. The molecule has 0 saturated carbocycles. The van der Waals surface area contributed by atoms with Crippen LogP contribution in [0.15, 0.2) is 77.7 Å². The Hall–Kier alpha value is -2.03. The van der Waals surface area contributed by atoms with E-state index in [1.165, 1.54) is 11.1 Å². The molecular formula is C21H18OS. The van der Waals surface area contributed by atoms with Gasteiger partial charge in [-0.15, -0.1) is 11.8 Å². The number of fused-ring (bicyclic) bond motifs is 2. The molecule has 3 aromatic rings. The third-order valence-corrected chi connectivity index (χ3v) is 5.61. The summed E-state index contributed by atoms with van der Waals surface area (Å²) in [5.41, 5.74) is 4.19. The Morgan fingerprint density at radius 1 is 0.870 bits per heavy atom. The quantitative estimate of drug-likeness (QED) is 0.690. The topological polar surface area (TPSA) is 20.2 Å². The molecule has 3 aromatic carbocycles. The normalized spacial score (nSPS) is 19.6. The highest BCUT2D eigenvalue weighted by molar-refractivity contribution is 7.98. The number of hydrogen-bond acceptors (Lipinski definition) is 2. The van der Waals surface area contributed by atoms with Crippen LogP contribution in [0.3, 0.4) is 0 Å². The third-order valence-electron chi connectivity index (χ3n) is 4.51. The molecule has 0 radical (unpaired) electrons. The van der Waals surface area contributed by atoms with E-state index in [9.17, 15) is 5.11 Å². The molecule has 1 unspecified atom stereocenters. The summed E-state index contributed by atoms with van der Waals surface area (Å²) in [5.74, 6) is 0.877. The monoisotopic (exact) mass is 318 g/mol. The van der Waals surface area contributed by atoms with Crippen LogP contribution >= 0.6 is 11.8 Å². The third kappa shape index (κ3) is 2.30. The van der Waals surface area contributed by atoms with Gasteiger partial charge in [0.15, 0.2) is 0 Å². The highest BCUT2D eigenvalue weighted by Crippen LogP contribution is 2.46. The minimum Gasteiger partial charge on any atom is -0.376 e. The Bertz CT molecular complexity index is 857. The maximum atomic E-state index is 11.9. The van der Waals surface area contributed by atoms with Crippen LogP contribution in [0.1, 0.15) is 27.8 Å². The number of aryl methyl sites for hydroxylation is 1. The van der Waals surface area contributed by atoms with Gasteiger partial charge in [-0.1, -0.05) is 66.7 Å². The summed E-state index contributed by atoms with van der Waals surface area (Å²) in [6.07, 6.45) is 0. The van der Waals surface area contributed by atoms with Crippen LogP contribution < -0.4 is 0 Å². The Morgan fingerprint density at radius 2 is 1.61 bits per heavy atom. The second-order valence-electron chi connectivity index (χ2n) is 6.02. The van der Waals surface area contributed by atoms with Crippen LogP contribution in [0, 0.1) is 6.92 Å². The SMILES string of the molecule is Cc1ccc2c(c1)SCc1ccccc1C2(O)c1ccccc1. The fourth-order valence-electron chi connectivity index (χ4n) is 3.34. The molecule has 1 nitrogen and oxygen atoms in total. The molecule has 1 atom stereocenters. The number of benzene rings is 3. The molecule has 0 bridgehead atoms. The molecule has 0 aliphatic carbocycles. The molecule has 23 heavy (non-hydrogen) atoms. The van der Waals surface area contributed by atoms with Gasteiger partial charge in [-0.3, -0.25) is 0 Å². The standard InChI is InChI=1S/C21H18OS/c1-15-11-12-19-20(13-15)23-14-16-7-5-6-10-18(16)21(19,22)17-8-3-2-4-9-17/h2-13,22H,14H2,1H3. The summed E-state index contributed by atoms with van der Waals surface area (Å²) >= 11 is 1.80. The molecule has 0 fully saturated rings. The number of aliphatic hydroxyl groups is 1. The largest absolute Gasteiger partial charge is 0.376 e. The van der Waals surface area contributed by atoms with Crippen molar-refractivity contribution in [3.63, 3.8) is 0 Å². The molecule has 0 spiro atoms. The molecule has 1 aliphatic rings. The molecule has 114 valence electrons. The van der Waals surface area contributed by atoms with Crippen molar-refractivity contribution >= 4 is 11.8 Å². The average molecular weight is 318 g/mol. The molecule has 1 heterocycles. The summed E-state index contributed by atoms with van der Waals surface area (Å²) < 4.78 is 0. The van der Waals surface area contributed by atoms with Gasteiger partial charge in [0, 0.05) is 16.2 Å². The fourth-order valence-corrected chi connectivity index (χ4v) is 4.54. The first-order valence-electron chi connectivity index (χ1n) is 7.80. The molecule has 2 heteroatoms. The maximum absolute atomic E-state index is 11.9. The van der Waals surface area contributed by atoms with Crippen molar-refractivity contribution < 1.29 is 5.11 Å². The predicted octanol–water partition coefficient (Wildman–Crippen LogP) is 4.88. The summed E-state index contributed by atoms with van der Waals surface area (Å²) in [4.78, 5) is 1.16. The lowest BCUT2D eigenvalue weighted by Crippen LogP contribution is -2.29. The van der Waals surface area contributed by atoms with Gasteiger partial charge in [-0.25, -0.2) is 0 Å². The van der Waals surface area contributed by atoms with Gasteiger partial charge in [-0.05, 0) is 35.2 Å². The molecule has 4 rings (SSSR count). The van der Waals surface area contributed by atoms with Crippen molar-refractivity contribution in [3.8, 4) is 0 Å². The van der Waals surface area contributed by atoms with Crippen molar-refractivity contribution in [3.05, 3.63) is 101 Å². The van der Waals surface area contributed by atoms with Gasteiger partial charge in [0.2, 0.25) is 0 Å². The molecule has 1 aliphatic heterocycles. The van der Waals surface area contributed by atoms with Gasteiger partial charge in [0.25, 0.3) is 0 Å². The van der Waals surface area contributed by atoms with E-state index in [0.29, 0.717) is 0 Å². The first kappa shape index (κ1) is 14.6. The van der Waals surface area contributed by atoms with E-state index >= 15 is 0 Å². The highest BCUT2D eigenvalue weighted by Gasteiger charge is 2.39. The van der Waals surface area contributed by atoms with E-state index in [2.05, 4.69) is 37.3 Å². The van der Waals surface area contributed by atoms with Gasteiger partial charge in [-0.2, -0.15) is 0 Å². The average Bonchev–Trinajstić information content (AvgIpc) is 2.72. The van der Waals surface area contributed by atoms with E-state index in [1.807, 2.05) is 42.5 Å². The van der Waals surface area contributed by atoms with Gasteiger partial charge in [0.05, 0.1) is 0 Å². The summed E-state index contributed by atoms with van der Waals surface area (Å²) in [7, 11) is 0. The van der Waals surface area contributed by atoms with Gasteiger partial charge < -0.3 is 5.11 Å². The Morgan fingerprint density at radius 3 is 2.43 bits per heavy atom. The Balaban J connectivity index is 2.07. The minimum atomic E-state index is -1.11. The van der Waals surface area contributed by atoms with Crippen LogP contribution in [0.25, 0.3) is 0 Å². The first-order chi connectivity index (χ1) is 11.2.